The Kier molecular flexibility index (Phi) is 8.18. The molecule has 7 nitrogen and oxygen atoms in total. The minimum absolute atomic E-state index is 0. The van der Waals surface area contributed by atoms with Crippen molar-refractivity contribution in [3.05, 3.63) is 59.7 Å². The molecule has 1 unspecified atom stereocenters. The van der Waals surface area contributed by atoms with E-state index < -0.39 is 26.7 Å². The second-order valence-electron chi connectivity index (χ2n) is 7.68. The Morgan fingerprint density at radius 1 is 0.903 bits per heavy atom. The number of piperidine rings is 1. The van der Waals surface area contributed by atoms with E-state index in [1.807, 2.05) is 54.6 Å². The normalized spacial score (nSPS) is 20.1. The summed E-state index contributed by atoms with van der Waals surface area (Å²) >= 11 is 0. The van der Waals surface area contributed by atoms with Crippen molar-refractivity contribution in [2.75, 3.05) is 26.2 Å². The molecule has 2 aliphatic heterocycles. The van der Waals surface area contributed by atoms with Gasteiger partial charge in [0.1, 0.15) is 16.7 Å². The van der Waals surface area contributed by atoms with Crippen LogP contribution in [-0.4, -0.2) is 58.7 Å². The van der Waals surface area contributed by atoms with Crippen LogP contribution in [0.4, 0.5) is 0 Å². The molecule has 2 aromatic rings. The van der Waals surface area contributed by atoms with Crippen LogP contribution in [0, 0.1) is 13.8 Å². The Labute approximate surface area is 188 Å². The first-order valence-corrected chi connectivity index (χ1v) is 12.3. The molecule has 0 saturated carbocycles. The number of aryl methyl sites for hydroxylation is 2. The zero-order chi connectivity index (χ0) is 20.6. The maximum absolute atomic E-state index is 13.3. The quantitative estimate of drug-likeness (QED) is 0.689. The van der Waals surface area contributed by atoms with Gasteiger partial charge in [0, 0.05) is 32.5 Å². The van der Waals surface area contributed by atoms with E-state index in [1.54, 1.807) is 12.1 Å². The second kappa shape index (κ2) is 9.89. The summed E-state index contributed by atoms with van der Waals surface area (Å²) in [6.07, 6.45) is 0.991. The van der Waals surface area contributed by atoms with Crippen LogP contribution >= 0.6 is 0 Å². The van der Waals surface area contributed by atoms with E-state index in [-0.39, 0.29) is 12.9 Å². The standard InChI is InChI=1S/C21H26N2O4S2.CH4.H2O/c1-17-3-7-19(8-4-17)28(24)22-13-11-21(12-14-22)23(15-16-27-21)29(25,26)20-9-5-18(2)6-10-20;;/h3-10H,11-16H2,1-2H3;1H4;1H2. The average Bonchev–Trinajstić information content (AvgIpc) is 3.13. The molecule has 2 aromatic carbocycles. The number of sulfonamides is 1. The van der Waals surface area contributed by atoms with Gasteiger partial charge in [-0.3, -0.25) is 0 Å². The summed E-state index contributed by atoms with van der Waals surface area (Å²) in [4.78, 5) is 1.06. The summed E-state index contributed by atoms with van der Waals surface area (Å²) in [6.45, 7) is 5.68. The smallest absolute Gasteiger partial charge is 0.245 e. The highest BCUT2D eigenvalue weighted by molar-refractivity contribution is 7.89. The van der Waals surface area contributed by atoms with Crippen LogP contribution in [0.2, 0.25) is 0 Å². The highest BCUT2D eigenvalue weighted by Gasteiger charge is 2.51. The predicted octanol–water partition coefficient (Wildman–Crippen LogP) is 2.65. The molecule has 0 aromatic heterocycles. The van der Waals surface area contributed by atoms with Crippen LogP contribution in [0.15, 0.2) is 58.3 Å². The van der Waals surface area contributed by atoms with E-state index >= 15 is 0 Å². The van der Waals surface area contributed by atoms with Crippen molar-refractivity contribution in [3.8, 4) is 0 Å². The van der Waals surface area contributed by atoms with Gasteiger partial charge in [0.05, 0.1) is 16.4 Å². The molecule has 2 fully saturated rings. The molecular formula is C22H32N2O5S2. The molecule has 1 atom stereocenters. The van der Waals surface area contributed by atoms with Crippen LogP contribution in [0.3, 0.4) is 0 Å². The molecule has 172 valence electrons. The van der Waals surface area contributed by atoms with Crippen molar-refractivity contribution in [2.45, 2.75) is 49.6 Å². The van der Waals surface area contributed by atoms with Crippen molar-refractivity contribution >= 4 is 21.0 Å². The first-order chi connectivity index (χ1) is 13.8. The third kappa shape index (κ3) is 4.92. The Balaban J connectivity index is 0.00000171. The molecule has 0 radical (unpaired) electrons. The van der Waals surface area contributed by atoms with Gasteiger partial charge in [-0.15, -0.1) is 0 Å². The molecule has 2 heterocycles. The van der Waals surface area contributed by atoms with Crippen LogP contribution < -0.4 is 0 Å². The van der Waals surface area contributed by atoms with Gasteiger partial charge in [-0.25, -0.2) is 16.9 Å². The summed E-state index contributed by atoms with van der Waals surface area (Å²) < 4.78 is 48.8. The van der Waals surface area contributed by atoms with E-state index in [2.05, 4.69) is 0 Å². The van der Waals surface area contributed by atoms with Crippen LogP contribution in [-0.2, 0) is 25.7 Å². The number of benzene rings is 2. The lowest BCUT2D eigenvalue weighted by atomic mass is 10.0. The summed E-state index contributed by atoms with van der Waals surface area (Å²) in [5.41, 5.74) is 1.29. The van der Waals surface area contributed by atoms with E-state index in [0.29, 0.717) is 44.0 Å². The fourth-order valence-corrected chi connectivity index (χ4v) is 6.87. The lowest BCUT2D eigenvalue weighted by Crippen LogP contribution is -2.54. The minimum atomic E-state index is -3.64. The van der Waals surface area contributed by atoms with Crippen molar-refractivity contribution in [3.63, 3.8) is 0 Å². The van der Waals surface area contributed by atoms with Gasteiger partial charge in [0.25, 0.3) is 0 Å². The lowest BCUT2D eigenvalue weighted by Gasteiger charge is -2.42. The molecule has 2 saturated heterocycles. The third-order valence-corrected chi connectivity index (χ3v) is 9.16. The molecule has 9 heteroatoms. The molecule has 2 aliphatic rings. The highest BCUT2D eigenvalue weighted by atomic mass is 32.2. The third-order valence-electron chi connectivity index (χ3n) is 5.69. The van der Waals surface area contributed by atoms with Crippen molar-refractivity contribution in [1.82, 2.24) is 8.61 Å². The summed E-state index contributed by atoms with van der Waals surface area (Å²) in [5.74, 6) is 0. The SMILES string of the molecule is C.Cc1ccc(S(=O)N2CCC3(CC2)OCCN3S(=O)(=O)c2ccc(C)cc2)cc1.O. The van der Waals surface area contributed by atoms with Crippen LogP contribution in [0.1, 0.15) is 31.4 Å². The monoisotopic (exact) mass is 468 g/mol. The zero-order valence-corrected chi connectivity index (χ0v) is 18.8. The Morgan fingerprint density at radius 3 is 1.97 bits per heavy atom. The largest absolute Gasteiger partial charge is 0.412 e. The summed E-state index contributed by atoms with van der Waals surface area (Å²) in [7, 11) is -4.90. The van der Waals surface area contributed by atoms with Crippen molar-refractivity contribution in [1.29, 1.82) is 0 Å². The van der Waals surface area contributed by atoms with Gasteiger partial charge in [-0.2, -0.15) is 4.31 Å². The number of hydrogen-bond donors (Lipinski definition) is 0. The Bertz CT molecular complexity index is 999. The zero-order valence-electron chi connectivity index (χ0n) is 17.2. The van der Waals surface area contributed by atoms with Gasteiger partial charge >= 0.3 is 0 Å². The molecule has 4 rings (SSSR count). The fourth-order valence-electron chi connectivity index (χ4n) is 3.97. The first kappa shape index (κ1) is 25.6. The lowest BCUT2D eigenvalue weighted by molar-refractivity contribution is -0.0802. The number of hydrogen-bond acceptors (Lipinski definition) is 4. The van der Waals surface area contributed by atoms with Gasteiger partial charge in [0.15, 0.2) is 0 Å². The van der Waals surface area contributed by atoms with Crippen molar-refractivity contribution in [2.24, 2.45) is 0 Å². The summed E-state index contributed by atoms with van der Waals surface area (Å²) in [5, 5.41) is 0. The Morgan fingerprint density at radius 2 is 1.42 bits per heavy atom. The molecule has 0 amide bonds. The number of rotatable bonds is 4. The van der Waals surface area contributed by atoms with Gasteiger partial charge < -0.3 is 10.2 Å². The highest BCUT2D eigenvalue weighted by Crippen LogP contribution is 2.39. The number of ether oxygens (including phenoxy) is 1. The van der Waals surface area contributed by atoms with Crippen LogP contribution in [0.5, 0.6) is 0 Å². The number of nitrogens with zero attached hydrogens (tertiary/aromatic N) is 2. The van der Waals surface area contributed by atoms with E-state index in [1.165, 1.54) is 4.31 Å². The van der Waals surface area contributed by atoms with E-state index in [4.69, 9.17) is 4.74 Å². The van der Waals surface area contributed by atoms with Crippen molar-refractivity contribution < 1.29 is 22.8 Å². The summed E-state index contributed by atoms with van der Waals surface area (Å²) in [6, 6.07) is 14.6. The first-order valence-electron chi connectivity index (χ1n) is 9.79. The van der Waals surface area contributed by atoms with Crippen LogP contribution in [0.25, 0.3) is 0 Å². The van der Waals surface area contributed by atoms with Gasteiger partial charge in [-0.1, -0.05) is 42.8 Å². The second-order valence-corrected chi connectivity index (χ2v) is 11.0. The fraction of sp³-hybridized carbons (Fsp3) is 0.455. The van der Waals surface area contributed by atoms with Gasteiger partial charge in [0.2, 0.25) is 10.0 Å². The molecule has 31 heavy (non-hydrogen) atoms. The van der Waals surface area contributed by atoms with E-state index in [9.17, 15) is 12.6 Å². The molecule has 2 N–H and O–H groups in total. The van der Waals surface area contributed by atoms with E-state index in [0.717, 1.165) is 16.0 Å². The topological polar surface area (TPSA) is 98.4 Å². The maximum atomic E-state index is 13.3. The predicted molar refractivity (Wildman–Crippen MR) is 122 cm³/mol. The van der Waals surface area contributed by atoms with Gasteiger partial charge in [-0.05, 0) is 38.1 Å². The molecular weight excluding hydrogens is 436 g/mol. The molecule has 1 spiro atoms. The maximum Gasteiger partial charge on any atom is 0.245 e. The Hall–Kier alpha value is -1.62. The average molecular weight is 469 g/mol. The minimum Gasteiger partial charge on any atom is -0.412 e. The molecule has 0 bridgehead atoms. The molecule has 0 aliphatic carbocycles.